The van der Waals surface area contributed by atoms with Gasteiger partial charge in [0, 0.05) is 19.0 Å². The molecule has 20 heavy (non-hydrogen) atoms. The van der Waals surface area contributed by atoms with Gasteiger partial charge in [-0.15, -0.1) is 12.4 Å². The quantitative estimate of drug-likeness (QED) is 0.798. The van der Waals surface area contributed by atoms with Gasteiger partial charge in [-0.1, -0.05) is 12.1 Å². The van der Waals surface area contributed by atoms with E-state index in [1.807, 2.05) is 45.0 Å². The number of ether oxygens (including phenoxy) is 1. The van der Waals surface area contributed by atoms with E-state index in [0.29, 0.717) is 24.6 Å². The summed E-state index contributed by atoms with van der Waals surface area (Å²) in [6.07, 6.45) is -0.252. The van der Waals surface area contributed by atoms with Gasteiger partial charge in [-0.05, 0) is 38.5 Å². The van der Waals surface area contributed by atoms with Crippen molar-refractivity contribution in [3.05, 3.63) is 35.4 Å². The lowest BCUT2D eigenvalue weighted by Crippen LogP contribution is -2.50. The summed E-state index contributed by atoms with van der Waals surface area (Å²) in [4.78, 5) is 13.5. The van der Waals surface area contributed by atoms with Crippen LogP contribution in [0.3, 0.4) is 0 Å². The van der Waals surface area contributed by atoms with Gasteiger partial charge in [0.25, 0.3) is 0 Å². The van der Waals surface area contributed by atoms with Crippen molar-refractivity contribution in [3.8, 4) is 6.07 Å². The van der Waals surface area contributed by atoms with Gasteiger partial charge in [0.15, 0.2) is 0 Å². The number of carbonyl (C=O) groups excluding carboxylic acids is 1. The zero-order valence-corrected chi connectivity index (χ0v) is 12.7. The second kappa shape index (κ2) is 6.15. The Labute approximate surface area is 125 Å². The van der Waals surface area contributed by atoms with Crippen LogP contribution in [-0.2, 0) is 4.74 Å². The molecule has 5 heteroatoms. The highest BCUT2D eigenvalue weighted by Crippen LogP contribution is 2.28. The lowest BCUT2D eigenvalue weighted by atomic mass is 9.91. The number of likely N-dealkylation sites (tertiary alicyclic amines) is 1. The number of nitriles is 1. The normalized spacial score (nSPS) is 14.8. The van der Waals surface area contributed by atoms with Crippen LogP contribution in [0.1, 0.15) is 37.8 Å². The monoisotopic (exact) mass is 294 g/mol. The third kappa shape index (κ3) is 3.88. The van der Waals surface area contributed by atoms with E-state index in [1.165, 1.54) is 5.56 Å². The molecule has 1 aliphatic rings. The minimum Gasteiger partial charge on any atom is -0.444 e. The molecule has 1 aromatic carbocycles. The summed E-state index contributed by atoms with van der Waals surface area (Å²) in [5, 5.41) is 8.74. The number of hydrogen-bond acceptors (Lipinski definition) is 3. The number of carbonyl (C=O) groups is 1. The van der Waals surface area contributed by atoms with Gasteiger partial charge in [0.1, 0.15) is 5.60 Å². The average Bonchev–Trinajstić information content (AvgIpc) is 2.25. The third-order valence-corrected chi connectivity index (χ3v) is 3.04. The Morgan fingerprint density at radius 3 is 2.30 bits per heavy atom. The molecule has 1 aromatic rings. The SMILES string of the molecule is CC(C)(C)OC(=O)N1CC(c2ccc(C#N)cc2)C1.Cl. The van der Waals surface area contributed by atoms with E-state index in [4.69, 9.17) is 10.00 Å². The van der Waals surface area contributed by atoms with Gasteiger partial charge in [-0.3, -0.25) is 0 Å². The van der Waals surface area contributed by atoms with Gasteiger partial charge in [-0.25, -0.2) is 4.79 Å². The Morgan fingerprint density at radius 1 is 1.30 bits per heavy atom. The lowest BCUT2D eigenvalue weighted by Gasteiger charge is -2.40. The Hall–Kier alpha value is -1.73. The fraction of sp³-hybridized carbons (Fsp3) is 0.467. The van der Waals surface area contributed by atoms with Crippen LogP contribution < -0.4 is 0 Å². The van der Waals surface area contributed by atoms with Gasteiger partial charge < -0.3 is 9.64 Å². The van der Waals surface area contributed by atoms with E-state index in [9.17, 15) is 4.79 Å². The molecule has 4 nitrogen and oxygen atoms in total. The van der Waals surface area contributed by atoms with Crippen molar-refractivity contribution in [2.45, 2.75) is 32.3 Å². The fourth-order valence-electron chi connectivity index (χ4n) is 1.99. The van der Waals surface area contributed by atoms with Crippen molar-refractivity contribution >= 4 is 18.5 Å². The van der Waals surface area contributed by atoms with Gasteiger partial charge in [-0.2, -0.15) is 5.26 Å². The molecule has 0 atom stereocenters. The molecular formula is C15H19ClN2O2. The maximum atomic E-state index is 11.8. The molecule has 0 aliphatic carbocycles. The smallest absolute Gasteiger partial charge is 0.410 e. The van der Waals surface area contributed by atoms with E-state index in [-0.39, 0.29) is 18.5 Å². The number of nitrogens with zero attached hydrogens (tertiary/aromatic N) is 2. The molecule has 1 aliphatic heterocycles. The number of amides is 1. The molecule has 0 unspecified atom stereocenters. The third-order valence-electron chi connectivity index (χ3n) is 3.04. The molecule has 0 N–H and O–H groups in total. The molecule has 108 valence electrons. The second-order valence-electron chi connectivity index (χ2n) is 5.82. The Bertz CT molecular complexity index is 508. The van der Waals surface area contributed by atoms with Gasteiger partial charge in [0.05, 0.1) is 11.6 Å². The fourth-order valence-corrected chi connectivity index (χ4v) is 1.99. The zero-order valence-electron chi connectivity index (χ0n) is 11.9. The van der Waals surface area contributed by atoms with Crippen LogP contribution in [0.4, 0.5) is 4.79 Å². The van der Waals surface area contributed by atoms with E-state index < -0.39 is 5.60 Å². The standard InChI is InChI=1S/C15H18N2O2.ClH/c1-15(2,3)19-14(18)17-9-13(10-17)12-6-4-11(8-16)5-7-12;/h4-7,13H,9-10H2,1-3H3;1H. The number of hydrogen-bond donors (Lipinski definition) is 0. The predicted molar refractivity (Wildman–Crippen MR) is 79.0 cm³/mol. The zero-order chi connectivity index (χ0) is 14.0. The van der Waals surface area contributed by atoms with Crippen LogP contribution in [0.2, 0.25) is 0 Å². The molecule has 1 fully saturated rings. The summed E-state index contributed by atoms with van der Waals surface area (Å²) >= 11 is 0. The number of halogens is 1. The van der Waals surface area contributed by atoms with Crippen LogP contribution in [0.15, 0.2) is 24.3 Å². The first-order chi connectivity index (χ1) is 8.89. The highest BCUT2D eigenvalue weighted by Gasteiger charge is 2.34. The molecule has 1 saturated heterocycles. The van der Waals surface area contributed by atoms with Crippen molar-refractivity contribution in [2.24, 2.45) is 0 Å². The molecule has 0 radical (unpaired) electrons. The highest BCUT2D eigenvalue weighted by atomic mass is 35.5. The summed E-state index contributed by atoms with van der Waals surface area (Å²) < 4.78 is 5.31. The highest BCUT2D eigenvalue weighted by molar-refractivity contribution is 5.85. The van der Waals surface area contributed by atoms with Crippen molar-refractivity contribution in [3.63, 3.8) is 0 Å². The summed E-state index contributed by atoms with van der Waals surface area (Å²) in [7, 11) is 0. The Morgan fingerprint density at radius 2 is 1.85 bits per heavy atom. The van der Waals surface area contributed by atoms with E-state index in [0.717, 1.165) is 0 Å². The van der Waals surface area contributed by atoms with Crippen molar-refractivity contribution in [1.29, 1.82) is 5.26 Å². The van der Waals surface area contributed by atoms with E-state index in [1.54, 1.807) is 4.90 Å². The van der Waals surface area contributed by atoms with Crippen LogP contribution >= 0.6 is 12.4 Å². The summed E-state index contributed by atoms with van der Waals surface area (Å²) in [6.45, 7) is 6.95. The van der Waals surface area contributed by atoms with Gasteiger partial charge in [0.2, 0.25) is 0 Å². The van der Waals surface area contributed by atoms with Gasteiger partial charge >= 0.3 is 6.09 Å². The molecule has 1 amide bonds. The van der Waals surface area contributed by atoms with Crippen LogP contribution in [-0.4, -0.2) is 29.7 Å². The first-order valence-electron chi connectivity index (χ1n) is 6.37. The molecule has 0 bridgehead atoms. The summed E-state index contributed by atoms with van der Waals surface area (Å²) in [5.41, 5.74) is 1.38. The summed E-state index contributed by atoms with van der Waals surface area (Å²) in [5.74, 6) is 0.347. The van der Waals surface area contributed by atoms with Crippen molar-refractivity contribution < 1.29 is 9.53 Å². The molecule has 0 spiro atoms. The van der Waals surface area contributed by atoms with Crippen molar-refractivity contribution in [2.75, 3.05) is 13.1 Å². The molecule has 1 heterocycles. The molecule has 0 aromatic heterocycles. The Kier molecular flexibility index (Phi) is 5.02. The van der Waals surface area contributed by atoms with Crippen molar-refractivity contribution in [1.82, 2.24) is 4.90 Å². The molecule has 0 saturated carbocycles. The maximum absolute atomic E-state index is 11.8. The topological polar surface area (TPSA) is 53.3 Å². The first-order valence-corrected chi connectivity index (χ1v) is 6.37. The molecule has 2 rings (SSSR count). The van der Waals surface area contributed by atoms with E-state index in [2.05, 4.69) is 6.07 Å². The van der Waals surface area contributed by atoms with Crippen LogP contribution in [0, 0.1) is 11.3 Å². The minimum atomic E-state index is -0.448. The Balaban J connectivity index is 0.00000200. The van der Waals surface area contributed by atoms with E-state index >= 15 is 0 Å². The molecular weight excluding hydrogens is 276 g/mol. The summed E-state index contributed by atoms with van der Waals surface area (Å²) in [6, 6.07) is 9.63. The van der Waals surface area contributed by atoms with Crippen LogP contribution in [0.5, 0.6) is 0 Å². The maximum Gasteiger partial charge on any atom is 0.410 e. The largest absolute Gasteiger partial charge is 0.444 e. The minimum absolute atomic E-state index is 0. The number of rotatable bonds is 1. The number of benzene rings is 1. The first kappa shape index (κ1) is 16.3. The van der Waals surface area contributed by atoms with Crippen LogP contribution in [0.25, 0.3) is 0 Å². The predicted octanol–water partition coefficient (Wildman–Crippen LogP) is 3.31. The lowest BCUT2D eigenvalue weighted by molar-refractivity contribution is 0.00820. The second-order valence-corrected chi connectivity index (χ2v) is 5.82. The average molecular weight is 295 g/mol.